The lowest BCUT2D eigenvalue weighted by atomic mass is 10.0. The Morgan fingerprint density at radius 2 is 1.45 bits per heavy atom. The topological polar surface area (TPSA) is 281 Å². The van der Waals surface area contributed by atoms with E-state index in [-0.39, 0.29) is 56.7 Å². The highest BCUT2D eigenvalue weighted by atomic mass is 16.4. The smallest absolute Gasteiger partial charge is 0.326 e. The van der Waals surface area contributed by atoms with Crippen molar-refractivity contribution in [3.8, 4) is 5.75 Å². The fourth-order valence-corrected chi connectivity index (χ4v) is 5.15. The van der Waals surface area contributed by atoms with Crippen LogP contribution in [0, 0.1) is 5.92 Å². The molecule has 0 radical (unpaired) electrons. The summed E-state index contributed by atoms with van der Waals surface area (Å²) in [7, 11) is 0. The van der Waals surface area contributed by atoms with Crippen LogP contribution < -0.4 is 43.8 Å². The molecule has 0 fully saturated rings. The van der Waals surface area contributed by atoms with Gasteiger partial charge in [-0.1, -0.05) is 38.1 Å². The Hall–Kier alpha value is -4.54. The summed E-state index contributed by atoms with van der Waals surface area (Å²) in [6, 6.07) is -0.955. The molecule has 2 rings (SSSR count). The van der Waals surface area contributed by atoms with Crippen LogP contribution in [0.2, 0.25) is 0 Å². The molecule has 0 saturated heterocycles. The monoisotopic (exact) mass is 688 g/mol. The van der Waals surface area contributed by atoms with E-state index in [4.69, 9.17) is 17.2 Å². The fourth-order valence-electron chi connectivity index (χ4n) is 5.15. The number of benzene rings is 1. The Labute approximate surface area is 286 Å². The number of carboxylic acid groups (broad SMARTS) is 1. The van der Waals surface area contributed by atoms with Crippen molar-refractivity contribution < 1.29 is 39.0 Å². The summed E-state index contributed by atoms with van der Waals surface area (Å²) in [6.07, 6.45) is 4.53. The van der Waals surface area contributed by atoms with E-state index in [9.17, 15) is 39.0 Å². The van der Waals surface area contributed by atoms with Crippen LogP contribution in [0.15, 0.2) is 36.4 Å². The van der Waals surface area contributed by atoms with Crippen LogP contribution in [-0.4, -0.2) is 95.1 Å². The maximum atomic E-state index is 13.8. The number of nitrogens with one attached hydrogen (secondary N) is 5. The first-order chi connectivity index (χ1) is 23.2. The second-order valence-electron chi connectivity index (χ2n) is 12.6. The quantitative estimate of drug-likeness (QED) is 0.0759. The lowest BCUT2D eigenvalue weighted by molar-refractivity contribution is -0.142. The summed E-state index contributed by atoms with van der Waals surface area (Å²) in [4.78, 5) is 78.8. The van der Waals surface area contributed by atoms with Crippen LogP contribution in [0.3, 0.4) is 0 Å². The van der Waals surface area contributed by atoms with Crippen molar-refractivity contribution in [2.45, 2.75) is 101 Å². The Kier molecular flexibility index (Phi) is 17.2. The van der Waals surface area contributed by atoms with Gasteiger partial charge < -0.3 is 54.0 Å². The van der Waals surface area contributed by atoms with E-state index in [1.54, 1.807) is 24.3 Å². The number of aliphatic carboxylic acids is 1. The molecule has 0 unspecified atom stereocenters. The second kappa shape index (κ2) is 20.7. The van der Waals surface area contributed by atoms with Gasteiger partial charge >= 0.3 is 5.97 Å². The summed E-state index contributed by atoms with van der Waals surface area (Å²) in [6.45, 7) is 4.05. The average molecular weight is 689 g/mol. The predicted molar refractivity (Wildman–Crippen MR) is 181 cm³/mol. The molecular formula is C33H52N8O8. The Morgan fingerprint density at radius 3 is 2.06 bits per heavy atom. The van der Waals surface area contributed by atoms with E-state index in [1.165, 1.54) is 12.1 Å². The van der Waals surface area contributed by atoms with Crippen molar-refractivity contribution in [3.05, 3.63) is 42.0 Å². The minimum Gasteiger partial charge on any atom is -0.508 e. The first kappa shape index (κ1) is 40.6. The van der Waals surface area contributed by atoms with E-state index < -0.39 is 71.8 Å². The first-order valence-electron chi connectivity index (χ1n) is 16.6. The van der Waals surface area contributed by atoms with Gasteiger partial charge in [-0.3, -0.25) is 24.0 Å². The second-order valence-corrected chi connectivity index (χ2v) is 12.6. The van der Waals surface area contributed by atoms with Gasteiger partial charge in [0, 0.05) is 6.42 Å². The number of amides is 5. The van der Waals surface area contributed by atoms with Crippen LogP contribution in [0.5, 0.6) is 5.75 Å². The maximum Gasteiger partial charge on any atom is 0.326 e. The van der Waals surface area contributed by atoms with Gasteiger partial charge in [-0.25, -0.2) is 4.79 Å². The summed E-state index contributed by atoms with van der Waals surface area (Å²) in [5.74, 6) is -4.72. The molecule has 1 aliphatic heterocycles. The number of hydrogen-bond acceptors (Lipinski definition) is 10. The van der Waals surface area contributed by atoms with Crippen molar-refractivity contribution in [3.63, 3.8) is 0 Å². The molecule has 5 amide bonds. The summed E-state index contributed by atoms with van der Waals surface area (Å²) in [5.41, 5.74) is 17.9. The number of aromatic hydroxyl groups is 1. The molecule has 6 atom stereocenters. The van der Waals surface area contributed by atoms with Gasteiger partial charge in [0.05, 0.1) is 6.04 Å². The van der Waals surface area contributed by atoms with Gasteiger partial charge in [-0.15, -0.1) is 0 Å². The van der Waals surface area contributed by atoms with E-state index in [1.807, 2.05) is 13.8 Å². The zero-order valence-corrected chi connectivity index (χ0v) is 28.2. The Morgan fingerprint density at radius 1 is 0.837 bits per heavy atom. The third kappa shape index (κ3) is 14.2. The van der Waals surface area contributed by atoms with E-state index in [0.29, 0.717) is 24.9 Å². The van der Waals surface area contributed by atoms with Gasteiger partial charge in [0.1, 0.15) is 36.0 Å². The zero-order valence-electron chi connectivity index (χ0n) is 28.2. The van der Waals surface area contributed by atoms with E-state index in [2.05, 4.69) is 26.6 Å². The molecule has 0 aromatic heterocycles. The van der Waals surface area contributed by atoms with Crippen LogP contribution in [0.4, 0.5) is 0 Å². The van der Waals surface area contributed by atoms with Gasteiger partial charge in [-0.05, 0) is 81.6 Å². The van der Waals surface area contributed by atoms with Gasteiger partial charge in [0.25, 0.3) is 0 Å². The molecule has 16 nitrogen and oxygen atoms in total. The van der Waals surface area contributed by atoms with Crippen LogP contribution in [-0.2, 0) is 35.2 Å². The molecule has 0 spiro atoms. The lowest BCUT2D eigenvalue weighted by Gasteiger charge is -2.27. The number of nitrogens with two attached hydrogens (primary N) is 3. The van der Waals surface area contributed by atoms with Gasteiger partial charge in [-0.2, -0.15) is 0 Å². The molecule has 1 aliphatic rings. The van der Waals surface area contributed by atoms with Crippen molar-refractivity contribution >= 4 is 35.5 Å². The van der Waals surface area contributed by atoms with Crippen LogP contribution in [0.1, 0.15) is 64.4 Å². The third-order valence-corrected chi connectivity index (χ3v) is 7.90. The summed E-state index contributed by atoms with van der Waals surface area (Å²) in [5, 5.41) is 32.5. The molecule has 1 aromatic rings. The Balaban J connectivity index is 2.43. The predicted octanol–water partition coefficient (Wildman–Crippen LogP) is -1.36. The number of phenols is 1. The number of carbonyl (C=O) groups excluding carboxylic acids is 5. The summed E-state index contributed by atoms with van der Waals surface area (Å²) < 4.78 is 0. The number of rotatable bonds is 15. The Bertz CT molecular complexity index is 1310. The minimum absolute atomic E-state index is 0.00876. The molecule has 0 bridgehead atoms. The molecule has 13 N–H and O–H groups in total. The summed E-state index contributed by atoms with van der Waals surface area (Å²) >= 11 is 0. The number of carboxylic acids is 1. The van der Waals surface area contributed by atoms with Gasteiger partial charge in [0.15, 0.2) is 0 Å². The van der Waals surface area contributed by atoms with Crippen LogP contribution >= 0.6 is 0 Å². The molecule has 0 aliphatic carbocycles. The highest BCUT2D eigenvalue weighted by Crippen LogP contribution is 2.13. The van der Waals surface area contributed by atoms with E-state index >= 15 is 0 Å². The highest BCUT2D eigenvalue weighted by molar-refractivity contribution is 5.96. The number of hydrogen-bond donors (Lipinski definition) is 10. The highest BCUT2D eigenvalue weighted by Gasteiger charge is 2.33. The number of carbonyl (C=O) groups is 6. The van der Waals surface area contributed by atoms with Crippen LogP contribution in [0.25, 0.3) is 0 Å². The molecule has 0 saturated carbocycles. The SMILES string of the molecule is CC(C)C[C@H](NC(=O)[C@H](Cc1ccc(O)cc1)NC(=O)[C@@H]1C/C=C/C[C@H](N)C(=O)N[C@@H](CCN)C(=O)N[C@@H](CCCCN)C(=O)N1)C(=O)O. The maximum absolute atomic E-state index is 13.8. The third-order valence-electron chi connectivity index (χ3n) is 7.90. The fraction of sp³-hybridized carbons (Fsp3) is 0.576. The van der Waals surface area contributed by atoms with Crippen molar-refractivity contribution in [1.82, 2.24) is 26.6 Å². The van der Waals surface area contributed by atoms with Gasteiger partial charge in [0.2, 0.25) is 29.5 Å². The molecule has 1 heterocycles. The van der Waals surface area contributed by atoms with Crippen molar-refractivity contribution in [2.75, 3.05) is 13.1 Å². The first-order valence-corrected chi connectivity index (χ1v) is 16.6. The molecule has 49 heavy (non-hydrogen) atoms. The number of unbranched alkanes of at least 4 members (excludes halogenated alkanes) is 1. The normalized spacial score (nSPS) is 22.4. The molecule has 272 valence electrons. The largest absolute Gasteiger partial charge is 0.508 e. The lowest BCUT2D eigenvalue weighted by Crippen LogP contribution is -2.59. The molecule has 1 aromatic carbocycles. The van der Waals surface area contributed by atoms with Crippen molar-refractivity contribution in [1.29, 1.82) is 0 Å². The zero-order chi connectivity index (χ0) is 36.5. The number of phenolic OH excluding ortho intramolecular Hbond substituents is 1. The van der Waals surface area contributed by atoms with E-state index in [0.717, 1.165) is 0 Å². The standard InChI is InChI=1S/C33H52N8O8/c1-19(2)17-27(33(48)49)41-32(47)26(18-20-10-12-21(42)13-11-20)40-30(45)23-8-4-3-7-22(36)28(43)37-25(14-16-35)31(46)39-24(29(44)38-23)9-5-6-15-34/h3-4,10-13,19,22-27,42H,5-9,14-18,34-36H2,1-2H3,(H,37,43)(H,38,44)(H,39,46)(H,40,45)(H,41,47)(H,48,49)/b4-3+/t22-,23-,24-,25-,26-,27-/m0/s1. The molecular weight excluding hydrogens is 636 g/mol. The molecule has 16 heteroatoms. The minimum atomic E-state index is -1.27. The average Bonchev–Trinajstić information content (AvgIpc) is 3.04. The van der Waals surface area contributed by atoms with Crippen molar-refractivity contribution in [2.24, 2.45) is 23.1 Å².